The van der Waals surface area contributed by atoms with Gasteiger partial charge in [0, 0.05) is 10.6 Å². The van der Waals surface area contributed by atoms with Gasteiger partial charge in [0.05, 0.1) is 25.1 Å². The average Bonchev–Trinajstić information content (AvgIpc) is 3.29. The van der Waals surface area contributed by atoms with E-state index in [0.29, 0.717) is 52.7 Å². The second kappa shape index (κ2) is 14.1. The van der Waals surface area contributed by atoms with Crippen LogP contribution in [0, 0.1) is 0 Å². The number of benzene rings is 4. The van der Waals surface area contributed by atoms with E-state index in [9.17, 15) is 4.79 Å². The van der Waals surface area contributed by atoms with Crippen molar-refractivity contribution in [1.82, 2.24) is 4.90 Å². The molecule has 0 aromatic heterocycles. The molecule has 1 aliphatic heterocycles. The van der Waals surface area contributed by atoms with E-state index in [1.807, 2.05) is 109 Å². The van der Waals surface area contributed by atoms with Gasteiger partial charge in [0.25, 0.3) is 5.91 Å². The number of hydrogen-bond acceptors (Lipinski definition) is 5. The number of rotatable bonds is 11. The Balaban J connectivity index is 1.45. The summed E-state index contributed by atoms with van der Waals surface area (Å²) in [5.41, 5.74) is 4.82. The maximum absolute atomic E-state index is 13.7. The van der Waals surface area contributed by atoms with E-state index in [4.69, 9.17) is 26.1 Å². The number of halogens is 1. The molecule has 0 bridgehead atoms. The molecule has 7 heteroatoms. The molecule has 1 aliphatic rings. The highest BCUT2D eigenvalue weighted by Crippen LogP contribution is 2.38. The molecule has 42 heavy (non-hydrogen) atoms. The van der Waals surface area contributed by atoms with Crippen LogP contribution in [-0.4, -0.2) is 23.1 Å². The first kappa shape index (κ1) is 29.2. The number of allylic oxidation sites excluding steroid dienone is 1. The summed E-state index contributed by atoms with van der Waals surface area (Å²) < 4.78 is 12.0. The molecule has 1 saturated heterocycles. The standard InChI is InChI=1S/C35H31ClN2O3S/c1-3-11-29-18-28(20-31(40-2)33(29)41-24-27-16-10-17-30(36)19-27)21-32-34(39)38(23-26-14-8-5-9-15-26)35(42-32)37-22-25-12-6-4-7-13-25/h3-10,12-21H,1,11,22-24H2,2H3/b32-21+,37-35?. The summed E-state index contributed by atoms with van der Waals surface area (Å²) >= 11 is 7.54. The number of ether oxygens (including phenoxy) is 2. The molecule has 1 amide bonds. The van der Waals surface area contributed by atoms with Crippen LogP contribution in [0.2, 0.25) is 5.02 Å². The van der Waals surface area contributed by atoms with Crippen LogP contribution in [0.1, 0.15) is 27.8 Å². The fourth-order valence-electron chi connectivity index (χ4n) is 4.60. The molecule has 1 fully saturated rings. The summed E-state index contributed by atoms with van der Waals surface area (Å²) in [6.45, 7) is 5.20. The van der Waals surface area contributed by atoms with Crippen molar-refractivity contribution in [1.29, 1.82) is 0 Å². The molecule has 4 aromatic carbocycles. The van der Waals surface area contributed by atoms with Crippen LogP contribution in [-0.2, 0) is 30.9 Å². The zero-order valence-electron chi connectivity index (χ0n) is 23.3. The third-order valence-electron chi connectivity index (χ3n) is 6.62. The zero-order chi connectivity index (χ0) is 29.3. The lowest BCUT2D eigenvalue weighted by Gasteiger charge is -2.16. The van der Waals surface area contributed by atoms with Gasteiger partial charge in [-0.3, -0.25) is 14.7 Å². The van der Waals surface area contributed by atoms with Crippen LogP contribution in [0.3, 0.4) is 0 Å². The van der Waals surface area contributed by atoms with Gasteiger partial charge in [-0.15, -0.1) is 6.58 Å². The molecule has 0 saturated carbocycles. The average molecular weight is 595 g/mol. The number of aliphatic imine (C=N–C) groups is 1. The largest absolute Gasteiger partial charge is 0.493 e. The van der Waals surface area contributed by atoms with Crippen molar-refractivity contribution in [3.63, 3.8) is 0 Å². The first-order valence-corrected chi connectivity index (χ1v) is 14.8. The molecule has 0 unspecified atom stereocenters. The van der Waals surface area contributed by atoms with Gasteiger partial charge in [-0.25, -0.2) is 0 Å². The minimum absolute atomic E-state index is 0.0822. The lowest BCUT2D eigenvalue weighted by atomic mass is 10.0. The Morgan fingerprint density at radius 1 is 0.929 bits per heavy atom. The Labute approximate surface area is 256 Å². The van der Waals surface area contributed by atoms with Gasteiger partial charge in [0.15, 0.2) is 16.7 Å². The predicted octanol–water partition coefficient (Wildman–Crippen LogP) is 8.33. The van der Waals surface area contributed by atoms with Crippen LogP contribution in [0.4, 0.5) is 0 Å². The fraction of sp³-hybridized carbons (Fsp3) is 0.143. The van der Waals surface area contributed by atoms with Crippen molar-refractivity contribution in [2.24, 2.45) is 4.99 Å². The SMILES string of the molecule is C=CCc1cc(/C=C2/SC(=NCc3ccccc3)N(Cc3ccccc3)C2=O)cc(OC)c1OCc1cccc(Cl)c1. The summed E-state index contributed by atoms with van der Waals surface area (Å²) in [5.74, 6) is 1.14. The van der Waals surface area contributed by atoms with E-state index in [-0.39, 0.29) is 5.91 Å². The Kier molecular flexibility index (Phi) is 9.80. The summed E-state index contributed by atoms with van der Waals surface area (Å²) in [7, 11) is 1.61. The highest BCUT2D eigenvalue weighted by atomic mass is 35.5. The number of amides is 1. The van der Waals surface area contributed by atoms with Crippen LogP contribution < -0.4 is 9.47 Å². The number of hydrogen-bond donors (Lipinski definition) is 0. The van der Waals surface area contributed by atoms with E-state index in [0.717, 1.165) is 27.8 Å². The lowest BCUT2D eigenvalue weighted by molar-refractivity contribution is -0.122. The molecule has 5 nitrogen and oxygen atoms in total. The number of carbonyl (C=O) groups is 1. The molecular formula is C35H31ClN2O3S. The molecule has 0 spiro atoms. The smallest absolute Gasteiger partial charge is 0.267 e. The van der Waals surface area contributed by atoms with Crippen molar-refractivity contribution in [3.05, 3.63) is 147 Å². The Bertz CT molecular complexity index is 1620. The maximum Gasteiger partial charge on any atom is 0.267 e. The van der Waals surface area contributed by atoms with Gasteiger partial charge in [-0.2, -0.15) is 0 Å². The highest BCUT2D eigenvalue weighted by Gasteiger charge is 2.33. The van der Waals surface area contributed by atoms with Crippen LogP contribution >= 0.6 is 23.4 Å². The third-order valence-corrected chi connectivity index (χ3v) is 7.90. The molecule has 0 aliphatic carbocycles. The number of nitrogens with zero attached hydrogens (tertiary/aromatic N) is 2. The first-order valence-electron chi connectivity index (χ1n) is 13.6. The molecule has 1 heterocycles. The summed E-state index contributed by atoms with van der Waals surface area (Å²) in [4.78, 5) is 20.9. The van der Waals surface area contributed by atoms with Gasteiger partial charge in [0.2, 0.25) is 0 Å². The monoisotopic (exact) mass is 594 g/mol. The number of methoxy groups -OCH3 is 1. The van der Waals surface area contributed by atoms with Crippen LogP contribution in [0.5, 0.6) is 11.5 Å². The predicted molar refractivity (Wildman–Crippen MR) is 173 cm³/mol. The summed E-state index contributed by atoms with van der Waals surface area (Å²) in [6.07, 6.45) is 4.29. The van der Waals surface area contributed by atoms with Crippen LogP contribution in [0.15, 0.2) is 120 Å². The highest BCUT2D eigenvalue weighted by molar-refractivity contribution is 8.18. The first-order chi connectivity index (χ1) is 20.5. The molecule has 5 rings (SSSR count). The number of carbonyl (C=O) groups excluding carboxylic acids is 1. The normalized spacial score (nSPS) is 14.9. The summed E-state index contributed by atoms with van der Waals surface area (Å²) in [5, 5.41) is 1.33. The van der Waals surface area contributed by atoms with Crippen molar-refractivity contribution >= 4 is 40.5 Å². The minimum atomic E-state index is -0.0822. The van der Waals surface area contributed by atoms with Crippen molar-refractivity contribution in [3.8, 4) is 11.5 Å². The van der Waals surface area contributed by atoms with E-state index in [2.05, 4.69) is 6.58 Å². The van der Waals surface area contributed by atoms with Gasteiger partial charge >= 0.3 is 0 Å². The fourth-order valence-corrected chi connectivity index (χ4v) is 5.79. The quantitative estimate of drug-likeness (QED) is 0.129. The molecule has 0 N–H and O–H groups in total. The summed E-state index contributed by atoms with van der Waals surface area (Å²) in [6, 6.07) is 31.5. The van der Waals surface area contributed by atoms with Crippen LogP contribution in [0.25, 0.3) is 6.08 Å². The maximum atomic E-state index is 13.7. The van der Waals surface area contributed by atoms with E-state index >= 15 is 0 Å². The van der Waals surface area contributed by atoms with Gasteiger partial charge < -0.3 is 9.47 Å². The second-order valence-corrected chi connectivity index (χ2v) is 11.1. The third kappa shape index (κ3) is 7.32. The van der Waals surface area contributed by atoms with Crippen molar-refractivity contribution < 1.29 is 14.3 Å². The van der Waals surface area contributed by atoms with Gasteiger partial charge in [0.1, 0.15) is 6.61 Å². The Hall–Kier alpha value is -4.26. The minimum Gasteiger partial charge on any atom is -0.493 e. The number of amidine groups is 1. The van der Waals surface area contributed by atoms with Gasteiger partial charge in [-0.05, 0) is 70.8 Å². The lowest BCUT2D eigenvalue weighted by Crippen LogP contribution is -2.28. The van der Waals surface area contributed by atoms with Crippen molar-refractivity contribution in [2.75, 3.05) is 7.11 Å². The molecular weight excluding hydrogens is 564 g/mol. The molecule has 0 radical (unpaired) electrons. The van der Waals surface area contributed by atoms with E-state index in [1.54, 1.807) is 12.0 Å². The Morgan fingerprint density at radius 2 is 1.64 bits per heavy atom. The Morgan fingerprint density at radius 3 is 2.33 bits per heavy atom. The van der Waals surface area contributed by atoms with E-state index < -0.39 is 0 Å². The number of thioether (sulfide) groups is 1. The van der Waals surface area contributed by atoms with E-state index in [1.165, 1.54) is 11.8 Å². The molecule has 212 valence electrons. The van der Waals surface area contributed by atoms with Crippen molar-refractivity contribution in [2.45, 2.75) is 26.1 Å². The topological polar surface area (TPSA) is 51.1 Å². The molecule has 0 atom stereocenters. The van der Waals surface area contributed by atoms with Gasteiger partial charge in [-0.1, -0.05) is 90.5 Å². The second-order valence-electron chi connectivity index (χ2n) is 9.69. The molecule has 4 aromatic rings. The zero-order valence-corrected chi connectivity index (χ0v) is 24.9.